The van der Waals surface area contributed by atoms with E-state index in [1.165, 1.54) is 24.3 Å². The summed E-state index contributed by atoms with van der Waals surface area (Å²) in [7, 11) is -6.85. The number of piperidine rings is 1. The second kappa shape index (κ2) is 13.3. The Balaban J connectivity index is 1.27. The highest BCUT2D eigenvalue weighted by molar-refractivity contribution is 7.91. The van der Waals surface area contributed by atoms with Crippen molar-refractivity contribution >= 4 is 37.2 Å². The van der Waals surface area contributed by atoms with Crippen LogP contribution in [0.5, 0.6) is 0 Å². The smallest absolute Gasteiger partial charge is 0.251 e. The fourth-order valence-electron chi connectivity index (χ4n) is 4.99. The minimum absolute atomic E-state index is 0.0443. The first-order valence-corrected chi connectivity index (χ1v) is 17.3. The predicted molar refractivity (Wildman–Crippen MR) is 158 cm³/mol. The molecule has 0 bridgehead atoms. The highest BCUT2D eigenvalue weighted by atomic mass is 35.5. The molecule has 1 atom stereocenters. The standard InChI is InChI=1S/C30H35ClN2O5S2/c1-39(35,36)27-11-13-28(14-12-27)40(37,38)22-18-23-15-19-33(20-16-23)21-17-29(24-5-3-2-4-6-24)32-30(34)25-7-9-26(31)10-8-25/h2-14,23,29H,15-22H2,1H3,(H,32,34)/t29-/m0/s1. The van der Waals surface area contributed by atoms with E-state index in [0.717, 1.165) is 50.7 Å². The molecule has 0 aromatic heterocycles. The molecule has 1 amide bonds. The van der Waals surface area contributed by atoms with Gasteiger partial charge in [0.05, 0.1) is 21.6 Å². The zero-order valence-electron chi connectivity index (χ0n) is 22.5. The van der Waals surface area contributed by atoms with E-state index in [4.69, 9.17) is 11.6 Å². The first kappa shape index (κ1) is 30.2. The molecule has 7 nitrogen and oxygen atoms in total. The fraction of sp³-hybridized carbons (Fsp3) is 0.367. The largest absolute Gasteiger partial charge is 0.345 e. The Labute approximate surface area is 242 Å². The maximum Gasteiger partial charge on any atom is 0.251 e. The SMILES string of the molecule is CS(=O)(=O)c1ccc(S(=O)(=O)CCC2CCN(CC[C@H](NC(=O)c3ccc(Cl)cc3)c3ccccc3)CC2)cc1. The average molecular weight is 603 g/mol. The number of halogens is 1. The van der Waals surface area contributed by atoms with E-state index < -0.39 is 19.7 Å². The number of nitrogens with zero attached hydrogens (tertiary/aromatic N) is 1. The van der Waals surface area contributed by atoms with Crippen LogP contribution < -0.4 is 5.32 Å². The molecule has 0 unspecified atom stereocenters. The molecule has 0 saturated carbocycles. The van der Waals surface area contributed by atoms with Crippen LogP contribution in [-0.2, 0) is 19.7 Å². The lowest BCUT2D eigenvalue weighted by Crippen LogP contribution is -2.37. The molecular weight excluding hydrogens is 568 g/mol. The fourth-order valence-corrected chi connectivity index (χ4v) is 7.18. The van der Waals surface area contributed by atoms with Gasteiger partial charge >= 0.3 is 0 Å². The molecule has 3 aromatic carbocycles. The van der Waals surface area contributed by atoms with Crippen molar-refractivity contribution < 1.29 is 21.6 Å². The molecular formula is C30H35ClN2O5S2. The zero-order valence-corrected chi connectivity index (χ0v) is 24.9. The van der Waals surface area contributed by atoms with Gasteiger partial charge in [0, 0.05) is 23.4 Å². The van der Waals surface area contributed by atoms with Crippen LogP contribution in [0.25, 0.3) is 0 Å². The van der Waals surface area contributed by atoms with Crippen LogP contribution in [-0.4, -0.2) is 59.3 Å². The van der Waals surface area contributed by atoms with E-state index in [9.17, 15) is 21.6 Å². The molecule has 1 aliphatic heterocycles. The van der Waals surface area contributed by atoms with Crippen molar-refractivity contribution in [3.05, 3.63) is 95.0 Å². The monoisotopic (exact) mass is 602 g/mol. The van der Waals surface area contributed by atoms with Crippen LogP contribution >= 0.6 is 11.6 Å². The molecule has 214 valence electrons. The second-order valence-corrected chi connectivity index (χ2v) is 14.9. The normalized spacial score (nSPS) is 15.9. The number of sulfone groups is 2. The topological polar surface area (TPSA) is 101 Å². The van der Waals surface area contributed by atoms with Crippen LogP contribution in [0.2, 0.25) is 5.02 Å². The van der Waals surface area contributed by atoms with Crippen LogP contribution in [0.3, 0.4) is 0 Å². The van der Waals surface area contributed by atoms with E-state index in [2.05, 4.69) is 10.2 Å². The van der Waals surface area contributed by atoms with Gasteiger partial charge in [-0.25, -0.2) is 16.8 Å². The Morgan fingerprint density at radius 3 is 2.10 bits per heavy atom. The number of nitrogens with one attached hydrogen (secondary N) is 1. The quantitative estimate of drug-likeness (QED) is 0.325. The van der Waals surface area contributed by atoms with E-state index in [-0.39, 0.29) is 27.5 Å². The number of hydrogen-bond acceptors (Lipinski definition) is 6. The Morgan fingerprint density at radius 1 is 0.900 bits per heavy atom. The van der Waals surface area contributed by atoms with Crippen molar-refractivity contribution in [3.8, 4) is 0 Å². The summed E-state index contributed by atoms with van der Waals surface area (Å²) >= 11 is 5.97. The van der Waals surface area contributed by atoms with Gasteiger partial charge in [0.1, 0.15) is 0 Å². The number of carbonyl (C=O) groups excluding carboxylic acids is 1. The summed E-state index contributed by atoms with van der Waals surface area (Å²) in [5.41, 5.74) is 1.61. The lowest BCUT2D eigenvalue weighted by molar-refractivity contribution is 0.0928. The highest BCUT2D eigenvalue weighted by Crippen LogP contribution is 2.25. The van der Waals surface area contributed by atoms with Crippen molar-refractivity contribution in [1.82, 2.24) is 10.2 Å². The molecule has 4 rings (SSSR count). The lowest BCUT2D eigenvalue weighted by Gasteiger charge is -2.33. The van der Waals surface area contributed by atoms with Crippen LogP contribution in [0, 0.1) is 5.92 Å². The molecule has 3 aromatic rings. The molecule has 0 radical (unpaired) electrons. The van der Waals surface area contributed by atoms with Crippen molar-refractivity contribution in [1.29, 1.82) is 0 Å². The Hall–Kier alpha value is -2.72. The predicted octanol–water partition coefficient (Wildman–Crippen LogP) is 5.18. The Morgan fingerprint density at radius 2 is 1.50 bits per heavy atom. The molecule has 1 N–H and O–H groups in total. The van der Waals surface area contributed by atoms with Gasteiger partial charge in [-0.3, -0.25) is 4.79 Å². The first-order chi connectivity index (χ1) is 19.0. The first-order valence-electron chi connectivity index (χ1n) is 13.4. The summed E-state index contributed by atoms with van der Waals surface area (Å²) in [6, 6.07) is 22.1. The van der Waals surface area contributed by atoms with Crippen LogP contribution in [0.1, 0.15) is 47.6 Å². The van der Waals surface area contributed by atoms with E-state index in [0.29, 0.717) is 22.9 Å². The molecule has 10 heteroatoms. The summed E-state index contributed by atoms with van der Waals surface area (Å²) in [6.07, 6.45) is 4.26. The summed E-state index contributed by atoms with van der Waals surface area (Å²) in [4.78, 5) is 15.5. The van der Waals surface area contributed by atoms with Crippen LogP contribution in [0.15, 0.2) is 88.7 Å². The zero-order chi connectivity index (χ0) is 28.8. The van der Waals surface area contributed by atoms with Gasteiger partial charge in [0.15, 0.2) is 19.7 Å². The summed E-state index contributed by atoms with van der Waals surface area (Å²) in [5.74, 6) is 0.218. The van der Waals surface area contributed by atoms with Crippen LogP contribution in [0.4, 0.5) is 0 Å². The molecule has 40 heavy (non-hydrogen) atoms. The number of carbonyl (C=O) groups is 1. The molecule has 1 fully saturated rings. The number of benzene rings is 3. The maximum atomic E-state index is 12.9. The third kappa shape index (κ3) is 8.39. The van der Waals surface area contributed by atoms with Gasteiger partial charge in [-0.2, -0.15) is 0 Å². The van der Waals surface area contributed by atoms with Gasteiger partial charge in [0.2, 0.25) is 0 Å². The summed E-state index contributed by atoms with van der Waals surface area (Å²) in [6.45, 7) is 2.57. The number of rotatable bonds is 11. The van der Waals surface area contributed by atoms with E-state index in [1.54, 1.807) is 24.3 Å². The molecule has 0 spiro atoms. The van der Waals surface area contributed by atoms with Crippen molar-refractivity contribution in [2.24, 2.45) is 5.92 Å². The summed E-state index contributed by atoms with van der Waals surface area (Å²) < 4.78 is 48.9. The number of likely N-dealkylation sites (tertiary alicyclic amines) is 1. The number of hydrogen-bond donors (Lipinski definition) is 1. The van der Waals surface area contributed by atoms with Crippen molar-refractivity contribution in [3.63, 3.8) is 0 Å². The third-order valence-electron chi connectivity index (χ3n) is 7.46. The van der Waals surface area contributed by atoms with E-state index in [1.807, 2.05) is 30.3 Å². The maximum absolute atomic E-state index is 12.9. The van der Waals surface area contributed by atoms with Crippen molar-refractivity contribution in [2.75, 3.05) is 31.6 Å². The molecule has 1 aliphatic rings. The molecule has 0 aliphatic carbocycles. The highest BCUT2D eigenvalue weighted by Gasteiger charge is 2.24. The minimum Gasteiger partial charge on any atom is -0.345 e. The second-order valence-electron chi connectivity index (χ2n) is 10.4. The van der Waals surface area contributed by atoms with Crippen molar-refractivity contribution in [2.45, 2.75) is 41.5 Å². The van der Waals surface area contributed by atoms with Gasteiger partial charge in [-0.05, 0) is 98.8 Å². The molecule has 1 heterocycles. The Kier molecular flexibility index (Phi) is 10.1. The van der Waals surface area contributed by atoms with Gasteiger partial charge < -0.3 is 10.2 Å². The Bertz CT molecular complexity index is 1490. The summed E-state index contributed by atoms with van der Waals surface area (Å²) in [5, 5.41) is 3.76. The van der Waals surface area contributed by atoms with Gasteiger partial charge in [0.25, 0.3) is 5.91 Å². The third-order valence-corrected chi connectivity index (χ3v) is 10.6. The van der Waals surface area contributed by atoms with E-state index >= 15 is 0 Å². The van der Waals surface area contributed by atoms with Gasteiger partial charge in [-0.15, -0.1) is 0 Å². The molecule has 1 saturated heterocycles. The minimum atomic E-state index is -3.48. The average Bonchev–Trinajstić information content (AvgIpc) is 2.95. The number of amides is 1. The lowest BCUT2D eigenvalue weighted by atomic mass is 9.94. The van der Waals surface area contributed by atoms with Gasteiger partial charge in [-0.1, -0.05) is 41.9 Å².